The Bertz CT molecular complexity index is 1000. The van der Waals surface area contributed by atoms with E-state index < -0.39 is 5.91 Å². The minimum atomic E-state index is -0.487. The molecule has 0 atom stereocenters. The maximum atomic E-state index is 11.1. The lowest BCUT2D eigenvalue weighted by Gasteiger charge is -1.96. The highest BCUT2D eigenvalue weighted by Crippen LogP contribution is 2.22. The van der Waals surface area contributed by atoms with Gasteiger partial charge in [-0.1, -0.05) is 22.4 Å². The Morgan fingerprint density at radius 1 is 1.04 bits per heavy atom. The normalized spacial score (nSPS) is 10.9. The second-order valence-electron chi connectivity index (χ2n) is 5.29. The average Bonchev–Trinajstić information content (AvgIpc) is 3.37. The van der Waals surface area contributed by atoms with Gasteiger partial charge in [-0.05, 0) is 24.3 Å². The summed E-state index contributed by atoms with van der Waals surface area (Å²) in [5, 5.41) is 7.90. The third kappa shape index (κ3) is 3.05. The summed E-state index contributed by atoms with van der Waals surface area (Å²) < 4.78 is 15.7. The third-order valence-corrected chi connectivity index (χ3v) is 3.55. The summed E-state index contributed by atoms with van der Waals surface area (Å²) in [7, 11) is 0. The Morgan fingerprint density at radius 3 is 2.60 bits per heavy atom. The van der Waals surface area contributed by atoms with Gasteiger partial charge in [-0.3, -0.25) is 4.79 Å². The van der Waals surface area contributed by atoms with Crippen LogP contribution in [0, 0.1) is 0 Å². The zero-order chi connectivity index (χ0) is 17.2. The van der Waals surface area contributed by atoms with E-state index in [2.05, 4.69) is 15.3 Å². The zero-order valence-electron chi connectivity index (χ0n) is 12.9. The van der Waals surface area contributed by atoms with Crippen LogP contribution >= 0.6 is 0 Å². The van der Waals surface area contributed by atoms with E-state index >= 15 is 0 Å². The van der Waals surface area contributed by atoms with Crippen LogP contribution in [0.1, 0.15) is 21.9 Å². The molecule has 0 aliphatic rings. The lowest BCUT2D eigenvalue weighted by atomic mass is 10.1. The fraction of sp³-hybridized carbons (Fsp3) is 0.0588. The van der Waals surface area contributed by atoms with Gasteiger partial charge in [0.2, 0.25) is 23.4 Å². The number of primary amides is 1. The highest BCUT2D eigenvalue weighted by molar-refractivity contribution is 5.93. The van der Waals surface area contributed by atoms with Gasteiger partial charge in [-0.2, -0.15) is 4.98 Å². The predicted molar refractivity (Wildman–Crippen MR) is 85.3 cm³/mol. The number of nitrogens with zero attached hydrogens (tertiary/aromatic N) is 3. The molecule has 8 heteroatoms. The molecule has 2 N–H and O–H groups in total. The lowest BCUT2D eigenvalue weighted by Crippen LogP contribution is -2.10. The Morgan fingerprint density at radius 2 is 1.88 bits per heavy atom. The summed E-state index contributed by atoms with van der Waals surface area (Å²) in [4.78, 5) is 15.4. The molecule has 25 heavy (non-hydrogen) atoms. The average molecular weight is 336 g/mol. The quantitative estimate of drug-likeness (QED) is 0.594. The first-order chi connectivity index (χ1) is 12.2. The van der Waals surface area contributed by atoms with Crippen molar-refractivity contribution in [3.63, 3.8) is 0 Å². The second kappa shape index (κ2) is 6.08. The molecule has 0 radical (unpaired) electrons. The van der Waals surface area contributed by atoms with Gasteiger partial charge in [0.05, 0.1) is 18.4 Å². The molecule has 3 aromatic heterocycles. The van der Waals surface area contributed by atoms with Crippen molar-refractivity contribution in [2.24, 2.45) is 5.73 Å². The molecule has 0 bridgehead atoms. The number of carbonyl (C=O) groups is 1. The first-order valence-corrected chi connectivity index (χ1v) is 7.41. The van der Waals surface area contributed by atoms with Gasteiger partial charge in [0, 0.05) is 17.2 Å². The van der Waals surface area contributed by atoms with Crippen LogP contribution in [0.4, 0.5) is 0 Å². The summed E-state index contributed by atoms with van der Waals surface area (Å²) in [5.74, 6) is 1.45. The van der Waals surface area contributed by atoms with Crippen molar-refractivity contribution >= 4 is 5.91 Å². The van der Waals surface area contributed by atoms with Gasteiger partial charge in [0.15, 0.2) is 5.76 Å². The van der Waals surface area contributed by atoms with Crippen LogP contribution in [-0.2, 0) is 6.42 Å². The summed E-state index contributed by atoms with van der Waals surface area (Å²) in [5.41, 5.74) is 7.00. The number of amides is 1. The Balaban J connectivity index is 1.51. The van der Waals surface area contributed by atoms with E-state index in [1.54, 1.807) is 48.7 Å². The topological polar surface area (TPSA) is 121 Å². The van der Waals surface area contributed by atoms with E-state index in [9.17, 15) is 4.79 Å². The van der Waals surface area contributed by atoms with E-state index in [1.807, 2.05) is 0 Å². The van der Waals surface area contributed by atoms with Crippen LogP contribution in [0.2, 0.25) is 0 Å². The number of nitrogens with two attached hydrogens (primary N) is 1. The van der Waals surface area contributed by atoms with Gasteiger partial charge in [0.25, 0.3) is 0 Å². The van der Waals surface area contributed by atoms with Crippen LogP contribution in [0.15, 0.2) is 62.2 Å². The number of rotatable bonds is 5. The minimum Gasteiger partial charge on any atom is -0.461 e. The molecule has 0 fully saturated rings. The van der Waals surface area contributed by atoms with Crippen LogP contribution in [-0.4, -0.2) is 21.2 Å². The third-order valence-electron chi connectivity index (χ3n) is 3.55. The van der Waals surface area contributed by atoms with Crippen LogP contribution in [0.3, 0.4) is 0 Å². The van der Waals surface area contributed by atoms with Crippen LogP contribution < -0.4 is 5.73 Å². The van der Waals surface area contributed by atoms with Gasteiger partial charge in [-0.15, -0.1) is 0 Å². The van der Waals surface area contributed by atoms with Crippen LogP contribution in [0.25, 0.3) is 22.9 Å². The van der Waals surface area contributed by atoms with Crippen LogP contribution in [0.5, 0.6) is 0 Å². The largest absolute Gasteiger partial charge is 0.461 e. The van der Waals surface area contributed by atoms with Crippen molar-refractivity contribution in [2.75, 3.05) is 0 Å². The molecule has 8 nitrogen and oxygen atoms in total. The molecule has 3 heterocycles. The molecule has 0 saturated carbocycles. The van der Waals surface area contributed by atoms with Gasteiger partial charge >= 0.3 is 0 Å². The zero-order valence-corrected chi connectivity index (χ0v) is 12.9. The molecule has 0 spiro atoms. The fourth-order valence-electron chi connectivity index (χ4n) is 2.31. The summed E-state index contributed by atoms with van der Waals surface area (Å²) in [6, 6.07) is 11.9. The number of hydrogen-bond donors (Lipinski definition) is 1. The molecule has 0 saturated heterocycles. The van der Waals surface area contributed by atoms with Crippen molar-refractivity contribution in [2.45, 2.75) is 6.42 Å². The SMILES string of the molecule is NC(=O)c1ccc(-c2noc(Cc3cc(-c4ccco4)on3)n2)cc1. The summed E-state index contributed by atoms with van der Waals surface area (Å²) in [6.07, 6.45) is 1.89. The monoisotopic (exact) mass is 336 g/mol. The molecule has 0 unspecified atom stereocenters. The highest BCUT2D eigenvalue weighted by atomic mass is 16.5. The highest BCUT2D eigenvalue weighted by Gasteiger charge is 2.14. The van der Waals surface area contributed by atoms with Crippen molar-refractivity contribution in [1.82, 2.24) is 15.3 Å². The maximum absolute atomic E-state index is 11.1. The van der Waals surface area contributed by atoms with Crippen molar-refractivity contribution < 1.29 is 18.3 Å². The van der Waals surface area contributed by atoms with E-state index in [4.69, 9.17) is 19.2 Å². The first-order valence-electron chi connectivity index (χ1n) is 7.41. The Hall–Kier alpha value is -3.68. The number of hydrogen-bond acceptors (Lipinski definition) is 7. The predicted octanol–water partition coefficient (Wildman–Crippen LogP) is 2.67. The van der Waals surface area contributed by atoms with Gasteiger partial charge in [0.1, 0.15) is 0 Å². The maximum Gasteiger partial charge on any atom is 0.248 e. The molecular formula is C17H12N4O4. The minimum absolute atomic E-state index is 0.330. The molecule has 124 valence electrons. The smallest absolute Gasteiger partial charge is 0.248 e. The molecule has 1 aromatic carbocycles. The summed E-state index contributed by atoms with van der Waals surface area (Å²) >= 11 is 0. The van der Waals surface area contributed by atoms with Gasteiger partial charge in [-0.25, -0.2) is 0 Å². The lowest BCUT2D eigenvalue weighted by molar-refractivity contribution is 0.100. The van der Waals surface area contributed by atoms with Crippen molar-refractivity contribution in [3.05, 3.63) is 65.9 Å². The standard InChI is InChI=1S/C17H12N4O4/c18-16(22)10-3-5-11(6-4-10)17-19-15(25-21-17)9-12-8-14(24-20-12)13-2-1-7-23-13/h1-8H,9H2,(H2,18,22). The fourth-order valence-corrected chi connectivity index (χ4v) is 2.31. The van der Waals surface area contributed by atoms with Crippen molar-refractivity contribution in [1.29, 1.82) is 0 Å². The molecule has 4 rings (SSSR count). The van der Waals surface area contributed by atoms with E-state index in [1.165, 1.54) is 0 Å². The molecular weight excluding hydrogens is 324 g/mol. The van der Waals surface area contributed by atoms with E-state index in [-0.39, 0.29) is 0 Å². The molecule has 4 aromatic rings. The summed E-state index contributed by atoms with van der Waals surface area (Å²) in [6.45, 7) is 0. The Labute approximate surface area is 141 Å². The second-order valence-corrected chi connectivity index (χ2v) is 5.29. The number of carbonyl (C=O) groups excluding carboxylic acids is 1. The van der Waals surface area contributed by atoms with E-state index in [0.29, 0.717) is 40.9 Å². The number of aromatic nitrogens is 3. The Kier molecular flexibility index (Phi) is 3.62. The number of benzene rings is 1. The molecule has 1 amide bonds. The first kappa shape index (κ1) is 14.9. The van der Waals surface area contributed by atoms with Gasteiger partial charge < -0.3 is 19.2 Å². The van der Waals surface area contributed by atoms with Crippen molar-refractivity contribution in [3.8, 4) is 22.9 Å². The molecule has 0 aliphatic carbocycles. The number of furan rings is 1. The molecule has 0 aliphatic heterocycles. The van der Waals surface area contributed by atoms with E-state index in [0.717, 1.165) is 5.56 Å².